The van der Waals surface area contributed by atoms with E-state index < -0.39 is 0 Å². The highest BCUT2D eigenvalue weighted by molar-refractivity contribution is 6.01. The van der Waals surface area contributed by atoms with Crippen LogP contribution >= 0.6 is 0 Å². The van der Waals surface area contributed by atoms with Crippen LogP contribution in [0.5, 0.6) is 11.5 Å². The van der Waals surface area contributed by atoms with Crippen molar-refractivity contribution in [2.24, 2.45) is 5.10 Å². The topological polar surface area (TPSA) is 47.0 Å². The number of aromatic nitrogens is 1. The first-order valence-corrected chi connectivity index (χ1v) is 9.00. The molecule has 2 aliphatic rings. The molecule has 27 heavy (non-hydrogen) atoms. The molecule has 2 aliphatic heterocycles. The van der Waals surface area contributed by atoms with Crippen molar-refractivity contribution < 1.29 is 9.47 Å². The summed E-state index contributed by atoms with van der Waals surface area (Å²) in [5.74, 6) is 1.55. The van der Waals surface area contributed by atoms with E-state index in [0.29, 0.717) is 0 Å². The fraction of sp³-hybridized carbons (Fsp3) is 0.182. The fourth-order valence-electron chi connectivity index (χ4n) is 3.80. The van der Waals surface area contributed by atoms with Gasteiger partial charge in [-0.1, -0.05) is 42.5 Å². The number of hydrogen-bond acceptors (Lipinski definition) is 5. The minimum atomic E-state index is -0.317. The molecule has 0 saturated carbocycles. The van der Waals surface area contributed by atoms with Gasteiger partial charge in [0.05, 0.1) is 18.9 Å². The molecule has 0 fully saturated rings. The first-order chi connectivity index (χ1) is 13.3. The molecule has 3 aromatic rings. The zero-order valence-electron chi connectivity index (χ0n) is 14.9. The van der Waals surface area contributed by atoms with Crippen molar-refractivity contribution in [3.05, 3.63) is 89.7 Å². The number of hydrogen-bond donors (Lipinski definition) is 0. The number of ether oxygens (including phenoxy) is 2. The molecule has 1 aromatic heterocycles. The quantitative estimate of drug-likeness (QED) is 0.700. The lowest BCUT2D eigenvalue weighted by molar-refractivity contribution is -0.0209. The summed E-state index contributed by atoms with van der Waals surface area (Å²) in [4.78, 5) is 4.13. The normalized spacial score (nSPS) is 20.3. The van der Waals surface area contributed by atoms with E-state index in [2.05, 4.69) is 28.2 Å². The van der Waals surface area contributed by atoms with Gasteiger partial charge in [0.15, 0.2) is 11.5 Å². The average Bonchev–Trinajstić information content (AvgIpc) is 3.20. The van der Waals surface area contributed by atoms with Crippen LogP contribution < -0.4 is 9.47 Å². The summed E-state index contributed by atoms with van der Waals surface area (Å²) in [6, 6.07) is 20.4. The Labute approximate surface area is 157 Å². The minimum Gasteiger partial charge on any atom is -0.493 e. The molecule has 5 heteroatoms. The highest BCUT2D eigenvalue weighted by atomic mass is 16.5. The molecule has 5 nitrogen and oxygen atoms in total. The molecule has 0 aliphatic carbocycles. The lowest BCUT2D eigenvalue weighted by Crippen LogP contribution is -2.33. The molecule has 0 radical (unpaired) electrons. The number of nitrogens with zero attached hydrogens (tertiary/aromatic N) is 3. The highest BCUT2D eigenvalue weighted by Crippen LogP contribution is 2.50. The van der Waals surface area contributed by atoms with E-state index >= 15 is 0 Å². The van der Waals surface area contributed by atoms with E-state index in [4.69, 9.17) is 14.6 Å². The lowest BCUT2D eigenvalue weighted by Gasteiger charge is -2.38. The summed E-state index contributed by atoms with van der Waals surface area (Å²) in [5, 5.41) is 7.03. The van der Waals surface area contributed by atoms with Crippen molar-refractivity contribution in [2.75, 3.05) is 7.11 Å². The summed E-state index contributed by atoms with van der Waals surface area (Å²) < 4.78 is 12.0. The molecule has 0 bridgehead atoms. The first kappa shape index (κ1) is 15.9. The van der Waals surface area contributed by atoms with Crippen molar-refractivity contribution >= 4 is 5.71 Å². The maximum Gasteiger partial charge on any atom is 0.214 e. The van der Waals surface area contributed by atoms with Crippen molar-refractivity contribution in [3.63, 3.8) is 0 Å². The molecular formula is C22H19N3O2. The van der Waals surface area contributed by atoms with E-state index in [1.165, 1.54) is 0 Å². The Morgan fingerprint density at radius 2 is 1.81 bits per heavy atom. The zero-order valence-corrected chi connectivity index (χ0v) is 14.9. The third-order valence-electron chi connectivity index (χ3n) is 5.10. The summed E-state index contributed by atoms with van der Waals surface area (Å²) in [6.45, 7) is 0. The SMILES string of the molecule is COc1cccc2c1O[C@H](c1ccncc1)N1N=C(c3ccccc3)C[C@H]21. The van der Waals surface area contributed by atoms with Crippen LogP contribution in [0.1, 0.15) is 35.4 Å². The number of para-hydroxylation sites is 1. The van der Waals surface area contributed by atoms with Crippen LogP contribution in [0, 0.1) is 0 Å². The van der Waals surface area contributed by atoms with Crippen LogP contribution in [0.25, 0.3) is 0 Å². The second-order valence-electron chi connectivity index (χ2n) is 6.64. The Bertz CT molecular complexity index is 989. The zero-order chi connectivity index (χ0) is 18.2. The van der Waals surface area contributed by atoms with Gasteiger partial charge < -0.3 is 9.47 Å². The van der Waals surface area contributed by atoms with Gasteiger partial charge in [0.25, 0.3) is 0 Å². The van der Waals surface area contributed by atoms with Crippen LogP contribution in [0.2, 0.25) is 0 Å². The molecule has 2 atom stereocenters. The summed E-state index contributed by atoms with van der Waals surface area (Å²) in [5.41, 5.74) is 4.34. The molecule has 3 heterocycles. The van der Waals surface area contributed by atoms with Crippen molar-refractivity contribution in [2.45, 2.75) is 18.7 Å². The predicted octanol–water partition coefficient (Wildman–Crippen LogP) is 4.33. The maximum atomic E-state index is 6.40. The first-order valence-electron chi connectivity index (χ1n) is 9.00. The smallest absolute Gasteiger partial charge is 0.214 e. The molecule has 134 valence electrons. The standard InChI is InChI=1S/C22H19N3O2/c1-26-20-9-5-8-17-19-14-18(15-6-3-2-4-7-15)24-25(19)22(27-21(17)20)16-10-12-23-13-11-16/h2-13,19,22H,14H2,1H3/t19-,22-/m1/s1. The molecule has 5 rings (SSSR count). The van der Waals surface area contributed by atoms with E-state index in [9.17, 15) is 0 Å². The minimum absolute atomic E-state index is 0.109. The summed E-state index contributed by atoms with van der Waals surface area (Å²) in [6.07, 6.45) is 4.07. The molecule has 0 saturated heterocycles. The largest absolute Gasteiger partial charge is 0.493 e. The van der Waals surface area contributed by atoms with Gasteiger partial charge in [-0.15, -0.1) is 0 Å². The Morgan fingerprint density at radius 3 is 2.59 bits per heavy atom. The second kappa shape index (κ2) is 6.43. The van der Waals surface area contributed by atoms with Gasteiger partial charge in [-0.2, -0.15) is 5.10 Å². The number of pyridine rings is 1. The van der Waals surface area contributed by atoms with Gasteiger partial charge in [-0.25, -0.2) is 5.01 Å². The number of benzene rings is 2. The van der Waals surface area contributed by atoms with Crippen LogP contribution in [-0.4, -0.2) is 22.8 Å². The molecule has 0 amide bonds. The van der Waals surface area contributed by atoms with Gasteiger partial charge in [-0.05, 0) is 23.8 Å². The van der Waals surface area contributed by atoms with Crippen molar-refractivity contribution in [1.82, 2.24) is 9.99 Å². The van der Waals surface area contributed by atoms with E-state index in [0.717, 1.165) is 40.3 Å². The molecule has 0 spiro atoms. The molecule has 0 N–H and O–H groups in total. The Morgan fingerprint density at radius 1 is 1.00 bits per heavy atom. The van der Waals surface area contributed by atoms with Gasteiger partial charge >= 0.3 is 0 Å². The average molecular weight is 357 g/mol. The van der Waals surface area contributed by atoms with Gasteiger partial charge in [0.2, 0.25) is 6.23 Å². The lowest BCUT2D eigenvalue weighted by atomic mass is 9.95. The summed E-state index contributed by atoms with van der Waals surface area (Å²) >= 11 is 0. The van der Waals surface area contributed by atoms with Crippen molar-refractivity contribution in [3.8, 4) is 11.5 Å². The fourth-order valence-corrected chi connectivity index (χ4v) is 3.80. The van der Waals surface area contributed by atoms with Crippen LogP contribution in [-0.2, 0) is 0 Å². The second-order valence-corrected chi connectivity index (χ2v) is 6.64. The maximum absolute atomic E-state index is 6.40. The Kier molecular flexibility index (Phi) is 3.78. The number of fused-ring (bicyclic) bond motifs is 3. The summed E-state index contributed by atoms with van der Waals surface area (Å²) in [7, 11) is 1.67. The van der Waals surface area contributed by atoms with E-state index in [1.807, 2.05) is 42.5 Å². The number of hydrazone groups is 1. The Hall–Kier alpha value is -3.34. The van der Waals surface area contributed by atoms with Crippen molar-refractivity contribution in [1.29, 1.82) is 0 Å². The third-order valence-corrected chi connectivity index (χ3v) is 5.10. The molecule has 2 aromatic carbocycles. The molecular weight excluding hydrogens is 338 g/mol. The van der Waals surface area contributed by atoms with Crippen LogP contribution in [0.4, 0.5) is 0 Å². The number of rotatable bonds is 3. The predicted molar refractivity (Wildman–Crippen MR) is 103 cm³/mol. The molecule has 0 unspecified atom stereocenters. The highest BCUT2D eigenvalue weighted by Gasteiger charge is 2.42. The Balaban J connectivity index is 1.63. The van der Waals surface area contributed by atoms with Crippen LogP contribution in [0.15, 0.2) is 78.2 Å². The van der Waals surface area contributed by atoms with E-state index in [1.54, 1.807) is 19.5 Å². The van der Waals surface area contributed by atoms with Gasteiger partial charge in [0, 0.05) is 29.9 Å². The third kappa shape index (κ3) is 2.63. The number of methoxy groups -OCH3 is 1. The van der Waals surface area contributed by atoms with E-state index in [-0.39, 0.29) is 12.3 Å². The monoisotopic (exact) mass is 357 g/mol. The van der Waals surface area contributed by atoms with Gasteiger partial charge in [-0.3, -0.25) is 4.98 Å². The van der Waals surface area contributed by atoms with Gasteiger partial charge in [0.1, 0.15) is 0 Å². The van der Waals surface area contributed by atoms with Crippen LogP contribution in [0.3, 0.4) is 0 Å².